The molecule has 3 atom stereocenters. The fraction of sp³-hybridized carbons (Fsp3) is 0.588. The van der Waals surface area contributed by atoms with Gasteiger partial charge >= 0.3 is 0 Å². The quantitative estimate of drug-likeness (QED) is 0.929. The van der Waals surface area contributed by atoms with E-state index in [0.717, 1.165) is 50.6 Å². The van der Waals surface area contributed by atoms with Gasteiger partial charge in [-0.15, -0.1) is 0 Å². The van der Waals surface area contributed by atoms with E-state index < -0.39 is 0 Å². The van der Waals surface area contributed by atoms with Gasteiger partial charge in [-0.1, -0.05) is 12.1 Å². The molecule has 0 spiro atoms. The van der Waals surface area contributed by atoms with Crippen molar-refractivity contribution in [2.24, 2.45) is 11.7 Å². The third-order valence-electron chi connectivity index (χ3n) is 4.84. The van der Waals surface area contributed by atoms with Crippen LogP contribution in [-0.4, -0.2) is 29.4 Å². The van der Waals surface area contributed by atoms with Crippen molar-refractivity contribution in [3.8, 4) is 0 Å². The van der Waals surface area contributed by atoms with Crippen molar-refractivity contribution in [2.45, 2.75) is 50.6 Å². The second-order valence-corrected chi connectivity index (χ2v) is 6.43. The molecule has 1 aliphatic heterocycles. The molecule has 3 rings (SSSR count). The minimum Gasteiger partial charge on any atom is -0.339 e. The first-order valence-corrected chi connectivity index (χ1v) is 7.94. The fourth-order valence-corrected chi connectivity index (χ4v) is 3.75. The molecule has 2 aliphatic rings. The van der Waals surface area contributed by atoms with Crippen LogP contribution in [0.5, 0.6) is 0 Å². The second kappa shape index (κ2) is 6.14. The van der Waals surface area contributed by atoms with Crippen LogP contribution < -0.4 is 5.73 Å². The summed E-state index contributed by atoms with van der Waals surface area (Å²) in [6.07, 6.45) is 5.51. The molecule has 3 nitrogen and oxygen atoms in total. The summed E-state index contributed by atoms with van der Waals surface area (Å²) in [6, 6.07) is 7.12. The first kappa shape index (κ1) is 14.5. The van der Waals surface area contributed by atoms with Gasteiger partial charge in [-0.25, -0.2) is 4.39 Å². The van der Waals surface area contributed by atoms with Crippen LogP contribution in [0.1, 0.15) is 37.7 Å². The predicted octanol–water partition coefficient (Wildman–Crippen LogP) is 2.49. The second-order valence-electron chi connectivity index (χ2n) is 6.43. The maximum Gasteiger partial charge on any atom is 0.226 e. The Hall–Kier alpha value is -1.42. The lowest BCUT2D eigenvalue weighted by atomic mass is 10.0. The van der Waals surface area contributed by atoms with Crippen LogP contribution in [0.2, 0.25) is 0 Å². The number of amides is 1. The molecule has 0 aromatic heterocycles. The number of nitrogens with zero attached hydrogens (tertiary/aromatic N) is 1. The van der Waals surface area contributed by atoms with Crippen molar-refractivity contribution in [3.63, 3.8) is 0 Å². The van der Waals surface area contributed by atoms with Gasteiger partial charge in [0.05, 0.1) is 0 Å². The van der Waals surface area contributed by atoms with Crippen molar-refractivity contribution in [3.05, 3.63) is 35.6 Å². The van der Waals surface area contributed by atoms with Crippen LogP contribution in [0.3, 0.4) is 0 Å². The van der Waals surface area contributed by atoms with E-state index in [1.165, 1.54) is 6.07 Å². The molecule has 1 amide bonds. The number of carbonyl (C=O) groups is 1. The van der Waals surface area contributed by atoms with E-state index in [1.54, 1.807) is 12.1 Å². The Labute approximate surface area is 125 Å². The summed E-state index contributed by atoms with van der Waals surface area (Å²) in [5, 5.41) is 0. The highest BCUT2D eigenvalue weighted by Crippen LogP contribution is 2.30. The van der Waals surface area contributed by atoms with Crippen LogP contribution >= 0.6 is 0 Å². The largest absolute Gasteiger partial charge is 0.339 e. The lowest BCUT2D eigenvalue weighted by molar-refractivity contribution is -0.136. The van der Waals surface area contributed by atoms with E-state index in [4.69, 9.17) is 5.73 Å². The molecule has 1 heterocycles. The highest BCUT2D eigenvalue weighted by atomic mass is 19.1. The zero-order chi connectivity index (χ0) is 14.8. The van der Waals surface area contributed by atoms with Gasteiger partial charge in [0.25, 0.3) is 0 Å². The van der Waals surface area contributed by atoms with Gasteiger partial charge in [-0.3, -0.25) is 4.79 Å². The van der Waals surface area contributed by atoms with Crippen molar-refractivity contribution in [1.29, 1.82) is 0 Å². The van der Waals surface area contributed by atoms with Gasteiger partial charge in [-0.05, 0) is 56.2 Å². The maximum atomic E-state index is 13.3. The highest BCUT2D eigenvalue weighted by molar-refractivity contribution is 5.79. The average molecular weight is 290 g/mol. The van der Waals surface area contributed by atoms with Crippen molar-refractivity contribution < 1.29 is 9.18 Å². The summed E-state index contributed by atoms with van der Waals surface area (Å²) >= 11 is 0. The predicted molar refractivity (Wildman–Crippen MR) is 80.2 cm³/mol. The highest BCUT2D eigenvalue weighted by Gasteiger charge is 2.36. The minimum atomic E-state index is -0.204. The molecule has 2 fully saturated rings. The molecular weight excluding hydrogens is 267 g/mol. The van der Waals surface area contributed by atoms with Crippen LogP contribution in [0.4, 0.5) is 4.39 Å². The third-order valence-corrected chi connectivity index (χ3v) is 4.84. The summed E-state index contributed by atoms with van der Waals surface area (Å²) in [4.78, 5) is 14.7. The number of hydrogen-bond acceptors (Lipinski definition) is 2. The number of benzene rings is 1. The van der Waals surface area contributed by atoms with Crippen LogP contribution in [0, 0.1) is 11.7 Å². The van der Waals surface area contributed by atoms with Crippen LogP contribution in [0.15, 0.2) is 24.3 Å². The first-order chi connectivity index (χ1) is 10.1. The summed E-state index contributed by atoms with van der Waals surface area (Å²) in [5.41, 5.74) is 6.90. The molecule has 1 aromatic carbocycles. The molecule has 1 saturated carbocycles. The topological polar surface area (TPSA) is 46.3 Å². The van der Waals surface area contributed by atoms with E-state index >= 15 is 0 Å². The Morgan fingerprint density at radius 3 is 2.90 bits per heavy atom. The molecule has 2 N–H and O–H groups in total. The zero-order valence-corrected chi connectivity index (χ0v) is 12.3. The van der Waals surface area contributed by atoms with Gasteiger partial charge in [0.15, 0.2) is 0 Å². The average Bonchev–Trinajstić information content (AvgIpc) is 3.07. The summed E-state index contributed by atoms with van der Waals surface area (Å²) in [7, 11) is 0. The zero-order valence-electron chi connectivity index (χ0n) is 12.3. The number of hydrogen-bond donors (Lipinski definition) is 1. The van der Waals surface area contributed by atoms with E-state index in [0.29, 0.717) is 0 Å². The van der Waals surface area contributed by atoms with Gasteiger partial charge in [0, 0.05) is 24.5 Å². The smallest absolute Gasteiger partial charge is 0.226 e. The fourth-order valence-electron chi connectivity index (χ4n) is 3.75. The number of carbonyl (C=O) groups excluding carboxylic acids is 1. The Morgan fingerprint density at radius 1 is 1.33 bits per heavy atom. The van der Waals surface area contributed by atoms with Crippen LogP contribution in [0.25, 0.3) is 0 Å². The van der Waals surface area contributed by atoms with Gasteiger partial charge in [-0.2, -0.15) is 0 Å². The minimum absolute atomic E-state index is 0.105. The molecule has 3 unspecified atom stereocenters. The Bertz CT molecular complexity index is 519. The number of halogens is 1. The summed E-state index contributed by atoms with van der Waals surface area (Å²) < 4.78 is 13.3. The van der Waals surface area contributed by atoms with Crippen molar-refractivity contribution in [1.82, 2.24) is 4.90 Å². The molecule has 1 saturated heterocycles. The first-order valence-electron chi connectivity index (χ1n) is 7.94. The van der Waals surface area contributed by atoms with Gasteiger partial charge in [0.2, 0.25) is 5.91 Å². The lowest BCUT2D eigenvalue weighted by Gasteiger charge is -2.27. The SMILES string of the molecule is NC1CCC(C(=O)N2CCCC2Cc2cccc(F)c2)C1. The summed E-state index contributed by atoms with van der Waals surface area (Å²) in [5.74, 6) is 0.167. The molecule has 21 heavy (non-hydrogen) atoms. The molecule has 1 aromatic rings. The Morgan fingerprint density at radius 2 is 2.19 bits per heavy atom. The third kappa shape index (κ3) is 3.26. The van der Waals surface area contributed by atoms with Crippen LogP contribution in [-0.2, 0) is 11.2 Å². The number of nitrogens with two attached hydrogens (primary N) is 1. The lowest BCUT2D eigenvalue weighted by Crippen LogP contribution is -2.40. The molecule has 1 aliphatic carbocycles. The summed E-state index contributed by atoms with van der Waals surface area (Å²) in [6.45, 7) is 0.838. The number of rotatable bonds is 3. The molecule has 4 heteroatoms. The molecule has 0 radical (unpaired) electrons. The van der Waals surface area contributed by atoms with Crippen molar-refractivity contribution in [2.75, 3.05) is 6.54 Å². The van der Waals surface area contributed by atoms with E-state index in [2.05, 4.69) is 0 Å². The van der Waals surface area contributed by atoms with Crippen molar-refractivity contribution >= 4 is 5.91 Å². The maximum absolute atomic E-state index is 13.3. The normalized spacial score (nSPS) is 29.0. The van der Waals surface area contributed by atoms with E-state index in [-0.39, 0.29) is 29.7 Å². The van der Waals surface area contributed by atoms with E-state index in [9.17, 15) is 9.18 Å². The molecule has 0 bridgehead atoms. The Balaban J connectivity index is 1.66. The molecular formula is C17H23FN2O. The molecule has 114 valence electrons. The Kier molecular flexibility index (Phi) is 4.24. The standard InChI is InChI=1S/C17H23FN2O/c18-14-4-1-3-12(9-14)10-16-5-2-8-20(16)17(21)13-6-7-15(19)11-13/h1,3-4,9,13,15-16H,2,5-8,10-11,19H2. The monoisotopic (exact) mass is 290 g/mol. The van der Waals surface area contributed by atoms with Gasteiger partial charge in [0.1, 0.15) is 5.82 Å². The number of likely N-dealkylation sites (tertiary alicyclic amines) is 1. The van der Waals surface area contributed by atoms with Gasteiger partial charge < -0.3 is 10.6 Å². The van der Waals surface area contributed by atoms with E-state index in [1.807, 2.05) is 11.0 Å².